The van der Waals surface area contributed by atoms with E-state index in [0.29, 0.717) is 0 Å². The smallest absolute Gasteiger partial charge is 0.0239 e. The van der Waals surface area contributed by atoms with Gasteiger partial charge >= 0.3 is 0 Å². The first-order chi connectivity index (χ1) is 7.86. The van der Waals surface area contributed by atoms with Crippen molar-refractivity contribution < 1.29 is 0 Å². The van der Waals surface area contributed by atoms with Crippen molar-refractivity contribution in [3.8, 4) is 0 Å². The first-order valence-electron chi connectivity index (χ1n) is 6.71. The van der Waals surface area contributed by atoms with Crippen molar-refractivity contribution in [3.63, 3.8) is 0 Å². The third kappa shape index (κ3) is 1.78. The Morgan fingerprint density at radius 3 is 2.81 bits per heavy atom. The lowest BCUT2D eigenvalue weighted by Gasteiger charge is -2.40. The third-order valence-corrected chi connectivity index (χ3v) is 4.31. The van der Waals surface area contributed by atoms with E-state index in [1.165, 1.54) is 44.3 Å². The van der Waals surface area contributed by atoms with Gasteiger partial charge in [-0.2, -0.15) is 0 Å². The van der Waals surface area contributed by atoms with Gasteiger partial charge in [0.05, 0.1) is 0 Å². The Bertz CT molecular complexity index is 379. The Kier molecular flexibility index (Phi) is 2.72. The molecule has 0 bridgehead atoms. The van der Waals surface area contributed by atoms with Gasteiger partial charge in [-0.25, -0.2) is 0 Å². The van der Waals surface area contributed by atoms with Crippen molar-refractivity contribution >= 4 is 0 Å². The topological polar surface area (TPSA) is 3.24 Å². The quantitative estimate of drug-likeness (QED) is 0.732. The molecule has 1 heterocycles. The molecule has 1 aliphatic heterocycles. The molecule has 1 nitrogen and oxygen atoms in total. The van der Waals surface area contributed by atoms with Crippen LogP contribution in [0.15, 0.2) is 18.2 Å². The van der Waals surface area contributed by atoms with Crippen LogP contribution in [0.4, 0.5) is 0 Å². The normalized spacial score (nSPS) is 21.6. The van der Waals surface area contributed by atoms with Gasteiger partial charge in [0.15, 0.2) is 0 Å². The number of nitrogens with zero attached hydrogens (tertiary/aromatic N) is 1. The average molecular weight is 215 g/mol. The summed E-state index contributed by atoms with van der Waals surface area (Å²) in [5.41, 5.74) is 4.68. The zero-order valence-electron chi connectivity index (χ0n) is 10.2. The van der Waals surface area contributed by atoms with E-state index >= 15 is 0 Å². The first-order valence-corrected chi connectivity index (χ1v) is 6.71. The van der Waals surface area contributed by atoms with Crippen LogP contribution in [0.1, 0.15) is 42.9 Å². The fourth-order valence-corrected chi connectivity index (χ4v) is 2.92. The fraction of sp³-hybridized carbons (Fsp3) is 0.600. The molecule has 1 saturated carbocycles. The van der Waals surface area contributed by atoms with Crippen molar-refractivity contribution in [2.45, 2.75) is 51.6 Å². The summed E-state index contributed by atoms with van der Waals surface area (Å²) in [5, 5.41) is 0. The molecule has 86 valence electrons. The van der Waals surface area contributed by atoms with Gasteiger partial charge in [-0.1, -0.05) is 31.5 Å². The monoisotopic (exact) mass is 215 g/mol. The summed E-state index contributed by atoms with van der Waals surface area (Å²) in [7, 11) is 0. The summed E-state index contributed by atoms with van der Waals surface area (Å²) in [5.74, 6) is 0. The van der Waals surface area contributed by atoms with Gasteiger partial charge < -0.3 is 0 Å². The highest BCUT2D eigenvalue weighted by atomic mass is 15.2. The van der Waals surface area contributed by atoms with Gasteiger partial charge in [0.25, 0.3) is 0 Å². The Hall–Kier alpha value is -0.820. The second-order valence-electron chi connectivity index (χ2n) is 5.26. The summed E-state index contributed by atoms with van der Waals surface area (Å²) in [6.45, 7) is 4.73. The van der Waals surface area contributed by atoms with Crippen LogP contribution in [-0.2, 0) is 19.4 Å². The number of fused-ring (bicyclic) bond motifs is 1. The van der Waals surface area contributed by atoms with Crippen LogP contribution < -0.4 is 0 Å². The minimum absolute atomic E-state index is 0.901. The van der Waals surface area contributed by atoms with Gasteiger partial charge in [0.1, 0.15) is 0 Å². The van der Waals surface area contributed by atoms with Crippen molar-refractivity contribution in [1.82, 2.24) is 4.90 Å². The lowest BCUT2D eigenvalue weighted by molar-refractivity contribution is 0.113. The summed E-state index contributed by atoms with van der Waals surface area (Å²) < 4.78 is 0. The summed E-state index contributed by atoms with van der Waals surface area (Å²) >= 11 is 0. The molecule has 1 aromatic rings. The van der Waals surface area contributed by atoms with E-state index in [0.717, 1.165) is 12.5 Å². The second kappa shape index (κ2) is 4.21. The van der Waals surface area contributed by atoms with Crippen LogP contribution in [-0.4, -0.2) is 17.5 Å². The van der Waals surface area contributed by atoms with Crippen LogP contribution in [0.5, 0.6) is 0 Å². The van der Waals surface area contributed by atoms with E-state index in [2.05, 4.69) is 30.0 Å². The van der Waals surface area contributed by atoms with E-state index in [1.807, 2.05) is 0 Å². The maximum atomic E-state index is 2.70. The first kappa shape index (κ1) is 10.3. The van der Waals surface area contributed by atoms with E-state index < -0.39 is 0 Å². The molecule has 1 aliphatic carbocycles. The van der Waals surface area contributed by atoms with Gasteiger partial charge in [-0.3, -0.25) is 4.90 Å². The molecule has 16 heavy (non-hydrogen) atoms. The highest BCUT2D eigenvalue weighted by Gasteiger charge is 2.27. The van der Waals surface area contributed by atoms with E-state index in [4.69, 9.17) is 0 Å². The maximum absolute atomic E-state index is 2.70. The third-order valence-electron chi connectivity index (χ3n) is 4.31. The molecule has 0 saturated heterocycles. The number of hydrogen-bond donors (Lipinski definition) is 0. The molecular weight excluding hydrogens is 194 g/mol. The van der Waals surface area contributed by atoms with Crippen LogP contribution in [0, 0.1) is 0 Å². The van der Waals surface area contributed by atoms with Gasteiger partial charge in [-0.05, 0) is 42.4 Å². The Morgan fingerprint density at radius 1 is 1.25 bits per heavy atom. The Morgan fingerprint density at radius 2 is 2.12 bits per heavy atom. The fourth-order valence-electron chi connectivity index (χ4n) is 2.92. The summed E-state index contributed by atoms with van der Waals surface area (Å²) in [4.78, 5) is 2.70. The molecular formula is C15H21N. The maximum Gasteiger partial charge on any atom is 0.0239 e. The lowest BCUT2D eigenvalue weighted by atomic mass is 9.88. The lowest BCUT2D eigenvalue weighted by Crippen LogP contribution is -2.43. The van der Waals surface area contributed by atoms with Gasteiger partial charge in [0.2, 0.25) is 0 Å². The second-order valence-corrected chi connectivity index (χ2v) is 5.26. The Balaban J connectivity index is 1.80. The molecule has 0 N–H and O–H groups in total. The Labute approximate surface area is 98.5 Å². The number of benzene rings is 1. The summed E-state index contributed by atoms with van der Waals surface area (Å²) in [6.07, 6.45) is 6.74. The van der Waals surface area contributed by atoms with Crippen molar-refractivity contribution in [3.05, 3.63) is 34.9 Å². The van der Waals surface area contributed by atoms with Crippen molar-refractivity contribution in [2.24, 2.45) is 0 Å². The molecule has 2 aliphatic rings. The van der Waals surface area contributed by atoms with Gasteiger partial charge in [0, 0.05) is 19.1 Å². The molecule has 0 atom stereocenters. The van der Waals surface area contributed by atoms with Crippen molar-refractivity contribution in [1.29, 1.82) is 0 Å². The van der Waals surface area contributed by atoms with Gasteiger partial charge in [-0.15, -0.1) is 0 Å². The molecule has 0 amide bonds. The predicted molar refractivity (Wildman–Crippen MR) is 67.6 cm³/mol. The molecule has 1 heteroatoms. The molecule has 0 radical (unpaired) electrons. The van der Waals surface area contributed by atoms with Crippen LogP contribution >= 0.6 is 0 Å². The molecule has 0 spiro atoms. The minimum Gasteiger partial charge on any atom is -0.296 e. The number of rotatable bonds is 2. The standard InChI is InChI=1S/C15H21N/c1-2-12-6-7-13-8-9-16(11-14(13)10-12)15-4-3-5-15/h6-7,10,15H,2-5,8-9,11H2,1H3. The summed E-state index contributed by atoms with van der Waals surface area (Å²) in [6, 6.07) is 7.99. The minimum atomic E-state index is 0.901. The highest BCUT2D eigenvalue weighted by Crippen LogP contribution is 2.30. The van der Waals surface area contributed by atoms with E-state index in [9.17, 15) is 0 Å². The molecule has 0 unspecified atom stereocenters. The molecule has 1 aromatic carbocycles. The van der Waals surface area contributed by atoms with Crippen molar-refractivity contribution in [2.75, 3.05) is 6.54 Å². The largest absolute Gasteiger partial charge is 0.296 e. The molecule has 1 fully saturated rings. The average Bonchev–Trinajstić information content (AvgIpc) is 2.26. The molecule has 3 rings (SSSR count). The van der Waals surface area contributed by atoms with Crippen LogP contribution in [0.25, 0.3) is 0 Å². The zero-order chi connectivity index (χ0) is 11.0. The highest BCUT2D eigenvalue weighted by molar-refractivity contribution is 5.34. The predicted octanol–water partition coefficient (Wildman–Crippen LogP) is 3.16. The zero-order valence-corrected chi connectivity index (χ0v) is 10.2. The van der Waals surface area contributed by atoms with Crippen LogP contribution in [0.3, 0.4) is 0 Å². The number of hydrogen-bond acceptors (Lipinski definition) is 1. The van der Waals surface area contributed by atoms with E-state index in [-0.39, 0.29) is 0 Å². The van der Waals surface area contributed by atoms with E-state index in [1.54, 1.807) is 11.1 Å². The number of aryl methyl sites for hydroxylation is 1. The SMILES string of the molecule is CCc1ccc2c(c1)CN(C1CCC1)CC2. The molecule has 0 aromatic heterocycles. The van der Waals surface area contributed by atoms with Crippen LogP contribution in [0.2, 0.25) is 0 Å².